The normalized spacial score (nSPS) is 14.5. The maximum atomic E-state index is 16.1. The van der Waals surface area contributed by atoms with Crippen molar-refractivity contribution in [2.24, 2.45) is 0 Å². The average Bonchev–Trinajstić information content (AvgIpc) is 2.94. The number of nitrogens with one attached hydrogen (secondary N) is 1. The number of benzene rings is 2. The van der Waals surface area contributed by atoms with Crippen LogP contribution >= 0.6 is 11.6 Å². The maximum Gasteiger partial charge on any atom is 0.294 e. The van der Waals surface area contributed by atoms with Gasteiger partial charge in [0.1, 0.15) is 17.1 Å². The summed E-state index contributed by atoms with van der Waals surface area (Å²) in [4.78, 5) is 25.4. The van der Waals surface area contributed by atoms with Crippen LogP contribution < -0.4 is 10.3 Å². The molecule has 2 heterocycles. The van der Waals surface area contributed by atoms with Crippen molar-refractivity contribution in [3.8, 4) is 34.1 Å². The van der Waals surface area contributed by atoms with Gasteiger partial charge in [0.25, 0.3) is 5.56 Å². The molecule has 5 nitrogen and oxygen atoms in total. The quantitative estimate of drug-likeness (QED) is 0.215. The van der Waals surface area contributed by atoms with Crippen molar-refractivity contribution in [2.75, 3.05) is 0 Å². The lowest BCUT2D eigenvalue weighted by molar-refractivity contribution is 0.247. The lowest BCUT2D eigenvalue weighted by Crippen LogP contribution is -2.23. The molecule has 200 valence electrons. The van der Waals surface area contributed by atoms with Crippen LogP contribution in [0.4, 0.5) is 4.39 Å². The summed E-state index contributed by atoms with van der Waals surface area (Å²) in [7, 11) is 0. The number of hydrogen-bond acceptors (Lipinski definition) is 4. The molecule has 2 atom stereocenters. The third kappa shape index (κ3) is 5.71. The summed E-state index contributed by atoms with van der Waals surface area (Å²) in [5, 5.41) is 0.544. The molecular formula is C32H31ClFN3O2. The monoisotopic (exact) mass is 543 g/mol. The number of allylic oxidation sites excluding steroid dienone is 3. The molecule has 7 heteroatoms. The van der Waals surface area contributed by atoms with Crippen LogP contribution in [0.2, 0.25) is 5.02 Å². The van der Waals surface area contributed by atoms with Crippen molar-refractivity contribution in [1.29, 1.82) is 0 Å². The number of aromatic nitrogens is 3. The summed E-state index contributed by atoms with van der Waals surface area (Å²) in [6.07, 6.45) is 7.08. The second kappa shape index (κ2) is 11.4. The molecule has 0 saturated carbocycles. The Balaban J connectivity index is 1.90. The van der Waals surface area contributed by atoms with E-state index in [4.69, 9.17) is 16.3 Å². The van der Waals surface area contributed by atoms with E-state index in [9.17, 15) is 4.79 Å². The fourth-order valence-electron chi connectivity index (χ4n) is 4.41. The van der Waals surface area contributed by atoms with E-state index in [1.165, 1.54) is 13.0 Å². The topological polar surface area (TPSA) is 67.9 Å². The van der Waals surface area contributed by atoms with Gasteiger partial charge in [0.15, 0.2) is 11.5 Å². The number of aromatic amines is 1. The average molecular weight is 544 g/mol. The molecule has 2 aromatic heterocycles. The summed E-state index contributed by atoms with van der Waals surface area (Å²) in [5.41, 5.74) is -0.477. The maximum absolute atomic E-state index is 16.1. The second-order valence-corrected chi connectivity index (χ2v) is 10.1. The van der Waals surface area contributed by atoms with Crippen molar-refractivity contribution >= 4 is 11.6 Å². The molecule has 0 saturated heterocycles. The van der Waals surface area contributed by atoms with Gasteiger partial charge in [0, 0.05) is 22.2 Å². The second-order valence-electron chi connectivity index (χ2n) is 9.65. The first-order chi connectivity index (χ1) is 18.6. The first-order valence-electron chi connectivity index (χ1n) is 12.7. The number of nitrogens with zero attached hydrogens (tertiary/aromatic N) is 2. The summed E-state index contributed by atoms with van der Waals surface area (Å²) < 4.78 is 22.2. The molecular weight excluding hydrogens is 513 g/mol. The van der Waals surface area contributed by atoms with Gasteiger partial charge in [-0.25, -0.2) is 9.37 Å². The molecule has 4 rings (SSSR count). The minimum atomic E-state index is -2.11. The van der Waals surface area contributed by atoms with Crippen LogP contribution in [0, 0.1) is 0 Å². The highest BCUT2D eigenvalue weighted by atomic mass is 35.5. The molecule has 39 heavy (non-hydrogen) atoms. The summed E-state index contributed by atoms with van der Waals surface area (Å²) in [6, 6.07) is 18.4. The van der Waals surface area contributed by atoms with E-state index in [2.05, 4.69) is 21.5 Å². The van der Waals surface area contributed by atoms with E-state index in [1.807, 2.05) is 56.3 Å². The van der Waals surface area contributed by atoms with Gasteiger partial charge in [-0.15, -0.1) is 6.58 Å². The Kier molecular flexibility index (Phi) is 8.17. The third-order valence-electron chi connectivity index (χ3n) is 6.89. The Labute approximate surface area is 233 Å². The van der Waals surface area contributed by atoms with E-state index in [1.54, 1.807) is 43.5 Å². The lowest BCUT2D eigenvalue weighted by atomic mass is 9.80. The number of rotatable bonds is 9. The highest BCUT2D eigenvalue weighted by molar-refractivity contribution is 6.31. The molecule has 0 fully saturated rings. The Morgan fingerprint density at radius 2 is 1.87 bits per heavy atom. The molecule has 0 amide bonds. The van der Waals surface area contributed by atoms with Crippen molar-refractivity contribution in [3.05, 3.63) is 118 Å². The Hall–Kier alpha value is -4.03. The fourth-order valence-corrected chi connectivity index (χ4v) is 4.74. The van der Waals surface area contributed by atoms with Crippen LogP contribution in [0.5, 0.6) is 11.5 Å². The summed E-state index contributed by atoms with van der Waals surface area (Å²) >= 11 is 6.51. The molecule has 1 N–H and O–H groups in total. The summed E-state index contributed by atoms with van der Waals surface area (Å²) in [5.74, 6) is 0.220. The zero-order valence-corrected chi connectivity index (χ0v) is 23.2. The number of halogens is 2. The molecule has 0 aliphatic rings. The van der Waals surface area contributed by atoms with Crippen molar-refractivity contribution < 1.29 is 9.13 Å². The smallest absolute Gasteiger partial charge is 0.294 e. The molecule has 2 unspecified atom stereocenters. The van der Waals surface area contributed by atoms with Crippen molar-refractivity contribution in [1.82, 2.24) is 15.0 Å². The lowest BCUT2D eigenvalue weighted by Gasteiger charge is -2.26. The van der Waals surface area contributed by atoms with Gasteiger partial charge in [-0.05, 0) is 61.7 Å². The molecule has 0 bridgehead atoms. The van der Waals surface area contributed by atoms with Crippen molar-refractivity contribution in [2.45, 2.75) is 45.2 Å². The van der Waals surface area contributed by atoms with Gasteiger partial charge in [0.05, 0.1) is 0 Å². The first-order valence-corrected chi connectivity index (χ1v) is 13.1. The van der Waals surface area contributed by atoms with Crippen LogP contribution in [-0.2, 0) is 11.1 Å². The Bertz CT molecular complexity index is 1580. The van der Waals surface area contributed by atoms with E-state index >= 15 is 4.39 Å². The zero-order chi connectivity index (χ0) is 28.2. The number of pyridine rings is 1. The van der Waals surface area contributed by atoms with Crippen LogP contribution in [0.1, 0.15) is 45.4 Å². The predicted octanol–water partition coefficient (Wildman–Crippen LogP) is 8.56. The standard InChI is InChI=1S/C32H31ClFN3O2/c1-6-18-32(5,34)28-27(39-22-16-17-25(33)24(20-22)31(4,7-2)8-3)30(38)37-29(36-28)26-23(15-12-19-35-26)21-13-10-9-11-14-21/h6-7,9-20H,2,8H2,1,3-5H3,(H,36,37,38). The third-order valence-corrected chi connectivity index (χ3v) is 7.22. The minimum absolute atomic E-state index is 0.136. The number of hydrogen-bond donors (Lipinski definition) is 1. The highest BCUT2D eigenvalue weighted by Crippen LogP contribution is 2.39. The highest BCUT2D eigenvalue weighted by Gasteiger charge is 2.33. The van der Waals surface area contributed by atoms with Crippen molar-refractivity contribution in [3.63, 3.8) is 0 Å². The molecule has 2 aromatic carbocycles. The Morgan fingerprint density at radius 1 is 1.13 bits per heavy atom. The van der Waals surface area contributed by atoms with Gasteiger partial charge in [0.2, 0.25) is 5.75 Å². The number of ether oxygens (including phenoxy) is 1. The molecule has 4 aromatic rings. The summed E-state index contributed by atoms with van der Waals surface area (Å²) in [6.45, 7) is 11.0. The van der Waals surface area contributed by atoms with E-state index in [-0.39, 0.29) is 17.3 Å². The van der Waals surface area contributed by atoms with Gasteiger partial charge in [-0.1, -0.05) is 74.0 Å². The number of alkyl halides is 1. The molecule has 0 aliphatic heterocycles. The fraction of sp³-hybridized carbons (Fsp3) is 0.219. The van der Waals surface area contributed by atoms with Crippen LogP contribution in [-0.4, -0.2) is 15.0 Å². The molecule has 0 radical (unpaired) electrons. The van der Waals surface area contributed by atoms with Gasteiger partial charge in [-0.3, -0.25) is 9.78 Å². The molecule has 0 aliphatic carbocycles. The zero-order valence-electron chi connectivity index (χ0n) is 22.5. The number of H-pyrrole nitrogens is 1. The first kappa shape index (κ1) is 28.0. The SMILES string of the molecule is C=CC(C)(CC)c1cc(Oc2c(C(C)(F)C=CC)nc(-c3ncccc3-c3ccccc3)[nH]c2=O)ccc1Cl. The minimum Gasteiger partial charge on any atom is -0.449 e. The van der Waals surface area contributed by atoms with Crippen LogP contribution in [0.25, 0.3) is 22.6 Å². The predicted molar refractivity (Wildman–Crippen MR) is 156 cm³/mol. The van der Waals surface area contributed by atoms with E-state index in [0.717, 1.165) is 23.1 Å². The molecule has 0 spiro atoms. The van der Waals surface area contributed by atoms with Crippen LogP contribution in [0.15, 0.2) is 96.5 Å². The van der Waals surface area contributed by atoms with Gasteiger partial charge >= 0.3 is 0 Å². The van der Waals surface area contributed by atoms with E-state index < -0.39 is 16.6 Å². The van der Waals surface area contributed by atoms with Gasteiger partial charge < -0.3 is 9.72 Å². The Morgan fingerprint density at radius 3 is 2.54 bits per heavy atom. The van der Waals surface area contributed by atoms with Gasteiger partial charge in [-0.2, -0.15) is 0 Å². The largest absolute Gasteiger partial charge is 0.449 e. The van der Waals surface area contributed by atoms with E-state index in [0.29, 0.717) is 16.5 Å². The van der Waals surface area contributed by atoms with Crippen LogP contribution in [0.3, 0.4) is 0 Å².